The number of aromatic amines is 2. The summed E-state index contributed by atoms with van der Waals surface area (Å²) in [6, 6.07) is 0. The molecule has 7 nitrogen and oxygen atoms in total. The van der Waals surface area contributed by atoms with Crippen LogP contribution in [0.15, 0.2) is 9.59 Å². The first-order valence-corrected chi connectivity index (χ1v) is 5.09. The van der Waals surface area contributed by atoms with Gasteiger partial charge >= 0.3 is 5.69 Å². The maximum Gasteiger partial charge on any atom is 0.342 e. The zero-order chi connectivity index (χ0) is 12.2. The molecule has 0 aliphatic carbocycles. The smallest absolute Gasteiger partial charge is 0.342 e. The minimum Gasteiger partial charge on any atom is -0.396 e. The Morgan fingerprint density at radius 2 is 2.19 bits per heavy atom. The van der Waals surface area contributed by atoms with Crippen LogP contribution in [0.25, 0.3) is 0 Å². The molecule has 0 saturated carbocycles. The van der Waals surface area contributed by atoms with E-state index in [9.17, 15) is 9.59 Å². The van der Waals surface area contributed by atoms with E-state index in [-0.39, 0.29) is 12.4 Å². The van der Waals surface area contributed by atoms with Crippen molar-refractivity contribution >= 4 is 5.82 Å². The number of rotatable bonds is 5. The average molecular weight is 228 g/mol. The lowest BCUT2D eigenvalue weighted by atomic mass is 9.95. The molecule has 4 N–H and O–H groups in total. The summed E-state index contributed by atoms with van der Waals surface area (Å²) < 4.78 is 0. The van der Waals surface area contributed by atoms with Crippen LogP contribution in [0.4, 0.5) is 5.82 Å². The van der Waals surface area contributed by atoms with Crippen molar-refractivity contribution in [3.05, 3.63) is 20.8 Å². The molecule has 0 bridgehead atoms. The van der Waals surface area contributed by atoms with Crippen molar-refractivity contribution < 1.29 is 5.11 Å². The third-order valence-corrected chi connectivity index (χ3v) is 2.58. The van der Waals surface area contributed by atoms with Gasteiger partial charge in [-0.25, -0.2) is 9.89 Å². The first-order valence-electron chi connectivity index (χ1n) is 5.09. The van der Waals surface area contributed by atoms with Gasteiger partial charge in [-0.2, -0.15) is 0 Å². The second-order valence-corrected chi connectivity index (χ2v) is 3.87. The monoisotopic (exact) mass is 228 g/mol. The summed E-state index contributed by atoms with van der Waals surface area (Å²) in [5, 5.41) is 17.6. The molecule has 90 valence electrons. The largest absolute Gasteiger partial charge is 0.396 e. The van der Waals surface area contributed by atoms with E-state index in [0.717, 1.165) is 0 Å². The normalized spacial score (nSPS) is 14.4. The van der Waals surface area contributed by atoms with Crippen molar-refractivity contribution in [1.29, 1.82) is 0 Å². The number of H-pyrrole nitrogens is 2. The van der Waals surface area contributed by atoms with Gasteiger partial charge in [0, 0.05) is 12.1 Å². The van der Waals surface area contributed by atoms with Crippen LogP contribution >= 0.6 is 0 Å². The third kappa shape index (κ3) is 2.93. The van der Waals surface area contributed by atoms with Gasteiger partial charge < -0.3 is 10.4 Å². The Morgan fingerprint density at radius 3 is 2.69 bits per heavy atom. The number of hydrogen-bond donors (Lipinski definition) is 4. The van der Waals surface area contributed by atoms with Crippen LogP contribution in [0, 0.1) is 0 Å². The Bertz CT molecular complexity index is 453. The maximum atomic E-state index is 11.4. The van der Waals surface area contributed by atoms with Crippen LogP contribution < -0.4 is 16.6 Å². The summed E-state index contributed by atoms with van der Waals surface area (Å²) >= 11 is 0. The minimum absolute atomic E-state index is 0.0125. The molecular weight excluding hydrogens is 212 g/mol. The highest BCUT2D eigenvalue weighted by atomic mass is 16.3. The number of hydrogen-bond acceptors (Lipinski definition) is 5. The second-order valence-electron chi connectivity index (χ2n) is 3.87. The Kier molecular flexibility index (Phi) is 3.83. The van der Waals surface area contributed by atoms with E-state index in [1.165, 1.54) is 0 Å². The summed E-state index contributed by atoms with van der Waals surface area (Å²) in [6.45, 7) is 3.82. The molecule has 0 aliphatic heterocycles. The number of aromatic nitrogens is 3. The molecule has 0 radical (unpaired) electrons. The molecule has 1 atom stereocenters. The van der Waals surface area contributed by atoms with E-state index >= 15 is 0 Å². The topological polar surface area (TPSA) is 111 Å². The van der Waals surface area contributed by atoms with Crippen LogP contribution in [0.2, 0.25) is 0 Å². The molecule has 0 saturated heterocycles. The first kappa shape index (κ1) is 12.4. The number of aliphatic hydroxyl groups is 1. The van der Waals surface area contributed by atoms with Crippen molar-refractivity contribution in [3.63, 3.8) is 0 Å². The van der Waals surface area contributed by atoms with Crippen molar-refractivity contribution in [2.75, 3.05) is 11.9 Å². The van der Waals surface area contributed by atoms with E-state index in [1.807, 2.05) is 13.8 Å². The minimum atomic E-state index is -0.643. The zero-order valence-electron chi connectivity index (χ0n) is 9.33. The van der Waals surface area contributed by atoms with E-state index in [4.69, 9.17) is 5.11 Å². The van der Waals surface area contributed by atoms with Crippen LogP contribution in [0.3, 0.4) is 0 Å². The van der Waals surface area contributed by atoms with Crippen molar-refractivity contribution in [3.8, 4) is 0 Å². The van der Waals surface area contributed by atoms with Gasteiger partial charge in [0.1, 0.15) is 0 Å². The molecule has 1 heterocycles. The van der Waals surface area contributed by atoms with Crippen molar-refractivity contribution in [2.24, 2.45) is 0 Å². The van der Waals surface area contributed by atoms with Gasteiger partial charge in [-0.15, -0.1) is 5.10 Å². The molecular formula is C9H16N4O3. The molecule has 1 aromatic rings. The summed E-state index contributed by atoms with van der Waals surface area (Å²) in [5.74, 6) is 0.0531. The van der Waals surface area contributed by atoms with Crippen molar-refractivity contribution in [2.45, 2.75) is 32.2 Å². The van der Waals surface area contributed by atoms with Gasteiger partial charge in [0.2, 0.25) is 5.82 Å². The lowest BCUT2D eigenvalue weighted by Crippen LogP contribution is -2.39. The highest BCUT2D eigenvalue weighted by Crippen LogP contribution is 2.17. The second kappa shape index (κ2) is 4.93. The average Bonchev–Trinajstić information content (AvgIpc) is 2.23. The van der Waals surface area contributed by atoms with E-state index in [0.29, 0.717) is 12.8 Å². The number of anilines is 1. The maximum absolute atomic E-state index is 11.4. The SMILES string of the molecule is CCC(C)(CCO)Nc1n[nH]c(=O)[nH]c1=O. The summed E-state index contributed by atoms with van der Waals surface area (Å²) in [6.07, 6.45) is 1.21. The predicted octanol–water partition coefficient (Wildman–Crippen LogP) is -0.579. The van der Waals surface area contributed by atoms with Crippen LogP contribution in [0.1, 0.15) is 26.7 Å². The first-order chi connectivity index (χ1) is 7.50. The lowest BCUT2D eigenvalue weighted by Gasteiger charge is -2.28. The molecule has 0 fully saturated rings. The van der Waals surface area contributed by atoms with Gasteiger partial charge in [-0.1, -0.05) is 6.92 Å². The molecule has 1 rings (SSSR count). The Hall–Kier alpha value is -1.63. The zero-order valence-corrected chi connectivity index (χ0v) is 9.33. The van der Waals surface area contributed by atoms with Gasteiger partial charge in [0.15, 0.2) is 0 Å². The quantitative estimate of drug-likeness (QED) is 0.539. The molecule has 0 spiro atoms. The Labute approximate surface area is 91.9 Å². The molecule has 1 unspecified atom stereocenters. The fourth-order valence-electron chi connectivity index (χ4n) is 1.29. The third-order valence-electron chi connectivity index (χ3n) is 2.58. The number of aliphatic hydroxyl groups excluding tert-OH is 1. The summed E-state index contributed by atoms with van der Waals surface area (Å²) in [4.78, 5) is 24.2. The molecule has 16 heavy (non-hydrogen) atoms. The van der Waals surface area contributed by atoms with E-state index in [1.54, 1.807) is 0 Å². The van der Waals surface area contributed by atoms with Gasteiger partial charge in [-0.3, -0.25) is 9.78 Å². The Balaban J connectivity index is 2.94. The van der Waals surface area contributed by atoms with Gasteiger partial charge in [0.25, 0.3) is 5.56 Å². The molecule has 0 aliphatic rings. The summed E-state index contributed by atoms with van der Waals surface area (Å²) in [7, 11) is 0. The molecule has 0 amide bonds. The van der Waals surface area contributed by atoms with Gasteiger partial charge in [-0.05, 0) is 19.8 Å². The predicted molar refractivity (Wildman–Crippen MR) is 59.5 cm³/mol. The standard InChI is InChI=1S/C9H16N4O3/c1-3-9(2,4-5-14)11-6-7(15)10-8(16)13-12-6/h14H,3-5H2,1-2H3,(H,11,12)(H2,10,13,15,16). The number of nitrogens with one attached hydrogen (secondary N) is 3. The van der Waals surface area contributed by atoms with Crippen molar-refractivity contribution in [1.82, 2.24) is 15.2 Å². The molecule has 7 heteroatoms. The molecule has 0 aromatic carbocycles. The number of nitrogens with zero attached hydrogens (tertiary/aromatic N) is 1. The van der Waals surface area contributed by atoms with Crippen LogP contribution in [-0.4, -0.2) is 32.4 Å². The highest BCUT2D eigenvalue weighted by molar-refractivity contribution is 5.32. The summed E-state index contributed by atoms with van der Waals surface area (Å²) in [5.41, 5.74) is -1.63. The van der Waals surface area contributed by atoms with E-state index in [2.05, 4.69) is 20.5 Å². The molecule has 1 aromatic heterocycles. The van der Waals surface area contributed by atoms with E-state index < -0.39 is 16.8 Å². The fourth-order valence-corrected chi connectivity index (χ4v) is 1.29. The lowest BCUT2D eigenvalue weighted by molar-refractivity contribution is 0.251. The fraction of sp³-hybridized carbons (Fsp3) is 0.667. The highest BCUT2D eigenvalue weighted by Gasteiger charge is 2.22. The van der Waals surface area contributed by atoms with Gasteiger partial charge in [0.05, 0.1) is 0 Å². The van der Waals surface area contributed by atoms with Crippen LogP contribution in [-0.2, 0) is 0 Å². The Morgan fingerprint density at radius 1 is 1.50 bits per heavy atom. The van der Waals surface area contributed by atoms with Crippen LogP contribution in [0.5, 0.6) is 0 Å².